The molecule has 31 heavy (non-hydrogen) atoms. The molecule has 8 heteroatoms. The Labute approximate surface area is 179 Å². The Bertz CT molecular complexity index is 1330. The highest BCUT2D eigenvalue weighted by atomic mass is 15.2. The molecule has 0 saturated carbocycles. The molecule has 1 atom stereocenters. The third-order valence-electron chi connectivity index (χ3n) is 5.13. The second-order valence-corrected chi connectivity index (χ2v) is 7.17. The van der Waals surface area contributed by atoms with Gasteiger partial charge in [0.15, 0.2) is 0 Å². The van der Waals surface area contributed by atoms with Crippen LogP contribution in [0.1, 0.15) is 35.3 Å². The van der Waals surface area contributed by atoms with Gasteiger partial charge in [0.25, 0.3) is 0 Å². The molecule has 0 bridgehead atoms. The number of aromatic nitrogens is 3. The summed E-state index contributed by atoms with van der Waals surface area (Å²) in [5.41, 5.74) is 13.1. The molecular weight excluding hydrogens is 388 g/mol. The zero-order valence-corrected chi connectivity index (χ0v) is 17.2. The third-order valence-corrected chi connectivity index (χ3v) is 5.13. The van der Waals surface area contributed by atoms with Gasteiger partial charge in [0, 0.05) is 34.3 Å². The number of benzene rings is 2. The van der Waals surface area contributed by atoms with Crippen LogP contribution in [0.25, 0.3) is 27.3 Å². The first-order valence-electron chi connectivity index (χ1n) is 9.83. The number of azide groups is 1. The van der Waals surface area contributed by atoms with Gasteiger partial charge in [-0.15, -0.1) is 0 Å². The molecule has 0 aliphatic heterocycles. The van der Waals surface area contributed by atoms with Gasteiger partial charge in [-0.05, 0) is 36.2 Å². The van der Waals surface area contributed by atoms with Crippen LogP contribution in [-0.2, 0) is 6.54 Å². The van der Waals surface area contributed by atoms with Gasteiger partial charge in [-0.1, -0.05) is 48.4 Å². The summed E-state index contributed by atoms with van der Waals surface area (Å²) in [6.45, 7) is 4.33. The molecule has 152 valence electrons. The predicted octanol–water partition coefficient (Wildman–Crippen LogP) is 5.58. The van der Waals surface area contributed by atoms with Gasteiger partial charge in [-0.3, -0.25) is 4.57 Å². The van der Waals surface area contributed by atoms with Crippen LogP contribution in [0, 0.1) is 18.3 Å². The van der Waals surface area contributed by atoms with Crippen LogP contribution in [0.15, 0.2) is 65.9 Å². The maximum absolute atomic E-state index is 9.44. The van der Waals surface area contributed by atoms with Gasteiger partial charge in [-0.2, -0.15) is 10.2 Å². The Morgan fingerprint density at radius 2 is 2.03 bits per heavy atom. The molecule has 2 aromatic heterocycles. The number of hydrogen-bond donors (Lipinski definition) is 1. The highest BCUT2D eigenvalue weighted by Gasteiger charge is 2.17. The number of nitriles is 1. The van der Waals surface area contributed by atoms with Crippen LogP contribution in [0.3, 0.4) is 0 Å². The Balaban J connectivity index is 1.81. The van der Waals surface area contributed by atoms with Crippen molar-refractivity contribution in [1.29, 1.82) is 5.26 Å². The maximum Gasteiger partial charge on any atom is 0.236 e. The largest absolute Gasteiger partial charge is 0.366 e. The van der Waals surface area contributed by atoms with Crippen molar-refractivity contribution in [3.05, 3.63) is 93.6 Å². The van der Waals surface area contributed by atoms with Crippen molar-refractivity contribution in [2.75, 3.05) is 5.32 Å². The number of rotatable bonds is 6. The van der Waals surface area contributed by atoms with E-state index in [1.165, 1.54) is 0 Å². The summed E-state index contributed by atoms with van der Waals surface area (Å²) < 4.78 is 1.92. The molecule has 0 amide bonds. The van der Waals surface area contributed by atoms with Crippen molar-refractivity contribution in [1.82, 2.24) is 14.5 Å². The summed E-state index contributed by atoms with van der Waals surface area (Å²) in [6, 6.07) is 19.3. The molecule has 0 aliphatic rings. The minimum Gasteiger partial charge on any atom is -0.366 e. The zero-order valence-electron chi connectivity index (χ0n) is 17.2. The minimum absolute atomic E-state index is 0.426. The number of nitrogens with zero attached hydrogens (tertiary/aromatic N) is 7. The van der Waals surface area contributed by atoms with E-state index in [0.29, 0.717) is 29.4 Å². The predicted molar refractivity (Wildman–Crippen MR) is 120 cm³/mol. The SMILES string of the molecule is Cc1cc2c(C#N)cccc2n1-c1ncc(C(C)N=[N+]=[N-])c(NCc2ccccc2)n1. The average molecular weight is 408 g/mol. The number of aryl methyl sites for hydroxylation is 1. The van der Waals surface area contributed by atoms with Crippen LogP contribution < -0.4 is 5.32 Å². The lowest BCUT2D eigenvalue weighted by molar-refractivity contribution is 0.785. The summed E-state index contributed by atoms with van der Waals surface area (Å²) in [4.78, 5) is 12.3. The van der Waals surface area contributed by atoms with E-state index in [1.54, 1.807) is 19.2 Å². The fraction of sp³-hybridized carbons (Fsp3) is 0.174. The average Bonchev–Trinajstić information content (AvgIpc) is 3.14. The number of hydrogen-bond acceptors (Lipinski definition) is 5. The Morgan fingerprint density at radius 3 is 2.77 bits per heavy atom. The quantitative estimate of drug-likeness (QED) is 0.254. The lowest BCUT2D eigenvalue weighted by Gasteiger charge is -2.15. The maximum atomic E-state index is 9.44. The fourth-order valence-electron chi connectivity index (χ4n) is 3.58. The first kappa shape index (κ1) is 20.0. The molecule has 1 unspecified atom stereocenters. The van der Waals surface area contributed by atoms with E-state index in [0.717, 1.165) is 22.2 Å². The van der Waals surface area contributed by atoms with Crippen molar-refractivity contribution in [3.63, 3.8) is 0 Å². The Morgan fingerprint density at radius 1 is 1.23 bits per heavy atom. The number of fused-ring (bicyclic) bond motifs is 1. The van der Waals surface area contributed by atoms with Crippen molar-refractivity contribution in [3.8, 4) is 12.0 Å². The van der Waals surface area contributed by atoms with Gasteiger partial charge in [0.2, 0.25) is 5.95 Å². The molecule has 1 N–H and O–H groups in total. The second-order valence-electron chi connectivity index (χ2n) is 7.17. The van der Waals surface area contributed by atoms with Crippen molar-refractivity contribution in [2.24, 2.45) is 5.11 Å². The van der Waals surface area contributed by atoms with Crippen molar-refractivity contribution < 1.29 is 0 Å². The molecule has 0 fully saturated rings. The molecule has 4 rings (SSSR count). The highest BCUT2D eigenvalue weighted by molar-refractivity contribution is 5.88. The van der Waals surface area contributed by atoms with Crippen LogP contribution in [0.2, 0.25) is 0 Å². The summed E-state index contributed by atoms with van der Waals surface area (Å²) >= 11 is 0. The van der Waals surface area contributed by atoms with Crippen LogP contribution in [0.5, 0.6) is 0 Å². The van der Waals surface area contributed by atoms with E-state index in [1.807, 2.05) is 60.0 Å². The van der Waals surface area contributed by atoms with Gasteiger partial charge in [0.1, 0.15) is 5.82 Å². The van der Waals surface area contributed by atoms with Crippen molar-refractivity contribution >= 4 is 16.7 Å². The summed E-state index contributed by atoms with van der Waals surface area (Å²) in [5.74, 6) is 1.08. The summed E-state index contributed by atoms with van der Waals surface area (Å²) in [5, 5.41) is 17.5. The summed E-state index contributed by atoms with van der Waals surface area (Å²) in [6.07, 6.45) is 1.69. The van der Waals surface area contributed by atoms with Crippen molar-refractivity contribution in [2.45, 2.75) is 26.4 Å². The molecule has 2 aromatic carbocycles. The normalized spacial score (nSPS) is 11.5. The molecule has 0 aliphatic carbocycles. The standard InChI is InChI=1S/C23H20N8/c1-15-11-19-18(12-24)9-6-10-21(19)31(15)23-27-14-20(16(2)29-30-25)22(28-23)26-13-17-7-4-3-5-8-17/h3-11,14,16H,13H2,1-2H3,(H,26,27,28). The van der Waals surface area contributed by atoms with E-state index >= 15 is 0 Å². The van der Waals surface area contributed by atoms with Gasteiger partial charge in [-0.25, -0.2) is 4.98 Å². The highest BCUT2D eigenvalue weighted by Crippen LogP contribution is 2.28. The Kier molecular flexibility index (Phi) is 5.52. The Hall–Kier alpha value is -4.34. The lowest BCUT2D eigenvalue weighted by atomic mass is 10.1. The molecule has 0 spiro atoms. The molecule has 4 aromatic rings. The van der Waals surface area contributed by atoms with E-state index < -0.39 is 6.04 Å². The van der Waals surface area contributed by atoms with E-state index in [9.17, 15) is 5.26 Å². The molecule has 0 radical (unpaired) electrons. The van der Waals surface area contributed by atoms with Crippen LogP contribution in [-0.4, -0.2) is 14.5 Å². The molecule has 0 saturated heterocycles. The minimum atomic E-state index is -0.426. The van der Waals surface area contributed by atoms with Gasteiger partial charge >= 0.3 is 0 Å². The monoisotopic (exact) mass is 408 g/mol. The lowest BCUT2D eigenvalue weighted by Crippen LogP contribution is -2.11. The number of anilines is 1. The first-order valence-corrected chi connectivity index (χ1v) is 9.83. The van der Waals surface area contributed by atoms with E-state index in [2.05, 4.69) is 26.4 Å². The fourth-order valence-corrected chi connectivity index (χ4v) is 3.58. The third kappa shape index (κ3) is 3.90. The van der Waals surface area contributed by atoms with Crippen LogP contribution in [0.4, 0.5) is 5.82 Å². The topological polar surface area (TPSA) is 115 Å². The number of nitrogens with one attached hydrogen (secondary N) is 1. The summed E-state index contributed by atoms with van der Waals surface area (Å²) in [7, 11) is 0. The van der Waals surface area contributed by atoms with E-state index in [4.69, 9.17) is 10.5 Å². The smallest absolute Gasteiger partial charge is 0.236 e. The molecule has 2 heterocycles. The van der Waals surface area contributed by atoms with Gasteiger partial charge < -0.3 is 5.32 Å². The van der Waals surface area contributed by atoms with E-state index in [-0.39, 0.29) is 0 Å². The molecular formula is C23H20N8. The first-order chi connectivity index (χ1) is 15.1. The molecule has 8 nitrogen and oxygen atoms in total. The van der Waals surface area contributed by atoms with Crippen LogP contribution >= 0.6 is 0 Å². The zero-order chi connectivity index (χ0) is 21.8. The van der Waals surface area contributed by atoms with Gasteiger partial charge in [0.05, 0.1) is 23.2 Å². The second kappa shape index (κ2) is 8.57.